The van der Waals surface area contributed by atoms with Crippen molar-refractivity contribution in [2.45, 2.75) is 45.4 Å². The van der Waals surface area contributed by atoms with Gasteiger partial charge in [0, 0.05) is 43.9 Å². The van der Waals surface area contributed by atoms with Crippen LogP contribution in [0.4, 0.5) is 0 Å². The van der Waals surface area contributed by atoms with E-state index in [-0.39, 0.29) is 17.7 Å². The quantitative estimate of drug-likeness (QED) is 0.628. The van der Waals surface area contributed by atoms with Gasteiger partial charge in [-0.2, -0.15) is 0 Å². The van der Waals surface area contributed by atoms with Crippen molar-refractivity contribution >= 4 is 10.9 Å². The lowest BCUT2D eigenvalue weighted by Crippen LogP contribution is -2.49. The zero-order valence-corrected chi connectivity index (χ0v) is 18.8. The Morgan fingerprint density at radius 3 is 2.81 bits per heavy atom. The first-order valence-electron chi connectivity index (χ1n) is 11.6. The number of likely N-dealkylation sites (N-methyl/N-ethyl adjacent to an activating group) is 1. The Hall–Kier alpha value is -2.62. The van der Waals surface area contributed by atoms with Gasteiger partial charge in [-0.05, 0) is 60.3 Å². The molecule has 5 rings (SSSR count). The predicted octanol–water partition coefficient (Wildman–Crippen LogP) is 1.73. The summed E-state index contributed by atoms with van der Waals surface area (Å²) in [6.45, 7) is 10.3. The number of hydrogen-bond donors (Lipinski definition) is 1. The first-order chi connectivity index (χ1) is 15.6. The van der Waals surface area contributed by atoms with E-state index in [0.29, 0.717) is 17.9 Å². The van der Waals surface area contributed by atoms with E-state index in [0.717, 1.165) is 68.6 Å². The van der Waals surface area contributed by atoms with Gasteiger partial charge in [0.15, 0.2) is 5.82 Å². The van der Waals surface area contributed by atoms with Crippen molar-refractivity contribution in [3.8, 4) is 0 Å². The molecule has 0 spiro atoms. The monoisotopic (exact) mass is 437 g/mol. The number of nitrogens with zero attached hydrogens (tertiary/aromatic N) is 6. The van der Waals surface area contributed by atoms with Crippen molar-refractivity contribution in [3.05, 3.63) is 51.6 Å². The molecule has 0 radical (unpaired) electrons. The summed E-state index contributed by atoms with van der Waals surface area (Å²) < 4.78 is 7.67. The highest BCUT2D eigenvalue weighted by atomic mass is 16.5. The summed E-state index contributed by atoms with van der Waals surface area (Å²) in [4.78, 5) is 21.1. The van der Waals surface area contributed by atoms with Gasteiger partial charge in [-0.1, -0.05) is 18.6 Å². The average Bonchev–Trinajstić information content (AvgIpc) is 3.48. The van der Waals surface area contributed by atoms with Crippen molar-refractivity contribution in [2.24, 2.45) is 0 Å². The highest BCUT2D eigenvalue weighted by molar-refractivity contribution is 5.79. The molecule has 9 heteroatoms. The Morgan fingerprint density at radius 1 is 1.22 bits per heavy atom. The third kappa shape index (κ3) is 4.20. The molecule has 2 aliphatic heterocycles. The Labute approximate surface area is 187 Å². The Bertz CT molecular complexity index is 1130. The van der Waals surface area contributed by atoms with E-state index in [4.69, 9.17) is 4.74 Å². The van der Waals surface area contributed by atoms with E-state index < -0.39 is 0 Å². The van der Waals surface area contributed by atoms with Crippen LogP contribution in [-0.2, 0) is 11.3 Å². The third-order valence-corrected chi connectivity index (χ3v) is 6.75. The number of benzene rings is 1. The molecule has 2 unspecified atom stereocenters. The predicted molar refractivity (Wildman–Crippen MR) is 122 cm³/mol. The Morgan fingerprint density at radius 2 is 2.06 bits per heavy atom. The fourth-order valence-corrected chi connectivity index (χ4v) is 4.90. The summed E-state index contributed by atoms with van der Waals surface area (Å²) in [7, 11) is 0. The van der Waals surface area contributed by atoms with Gasteiger partial charge in [0.2, 0.25) is 0 Å². The highest BCUT2D eigenvalue weighted by Gasteiger charge is 2.33. The van der Waals surface area contributed by atoms with Crippen LogP contribution in [0.15, 0.2) is 29.1 Å². The maximum absolute atomic E-state index is 13.3. The molecule has 2 saturated heterocycles. The zero-order valence-electron chi connectivity index (χ0n) is 18.8. The third-order valence-electron chi connectivity index (χ3n) is 6.75. The number of piperazine rings is 1. The standard InChI is InChI=1S/C23H31N7O2/c1-3-28-8-10-29(11-9-28)21(22-25-26-27-30(22)15-18-5-4-12-32-18)19-14-17-13-16(2)6-7-20(17)24-23(19)31/h6-7,13-14,18,21H,3-5,8-12,15H2,1-2H3,(H,24,31). The van der Waals surface area contributed by atoms with Gasteiger partial charge >= 0.3 is 0 Å². The van der Waals surface area contributed by atoms with Crippen molar-refractivity contribution < 1.29 is 4.74 Å². The maximum atomic E-state index is 13.3. The van der Waals surface area contributed by atoms with Gasteiger partial charge in [0.25, 0.3) is 5.56 Å². The number of tetrazole rings is 1. The minimum Gasteiger partial charge on any atom is -0.376 e. The highest BCUT2D eigenvalue weighted by Crippen LogP contribution is 2.28. The van der Waals surface area contributed by atoms with Crippen LogP contribution in [0.1, 0.15) is 42.8 Å². The Balaban J connectivity index is 1.57. The van der Waals surface area contributed by atoms with Crippen LogP contribution in [-0.4, -0.2) is 80.4 Å². The van der Waals surface area contributed by atoms with Gasteiger partial charge < -0.3 is 14.6 Å². The van der Waals surface area contributed by atoms with E-state index in [2.05, 4.69) is 50.2 Å². The summed E-state index contributed by atoms with van der Waals surface area (Å²) >= 11 is 0. The normalized spacial score (nSPS) is 21.4. The summed E-state index contributed by atoms with van der Waals surface area (Å²) in [6, 6.07) is 7.80. The summed E-state index contributed by atoms with van der Waals surface area (Å²) in [5.41, 5.74) is 2.61. The number of pyridine rings is 1. The molecular weight excluding hydrogens is 406 g/mol. The summed E-state index contributed by atoms with van der Waals surface area (Å²) in [5, 5.41) is 13.7. The van der Waals surface area contributed by atoms with Crippen molar-refractivity contribution in [2.75, 3.05) is 39.3 Å². The number of fused-ring (bicyclic) bond motifs is 1. The minimum atomic E-state index is -0.306. The second-order valence-electron chi connectivity index (χ2n) is 8.87. The second-order valence-corrected chi connectivity index (χ2v) is 8.87. The molecule has 4 heterocycles. The molecule has 1 N–H and O–H groups in total. The second kappa shape index (κ2) is 9.09. The molecule has 1 aromatic carbocycles. The molecule has 0 bridgehead atoms. The van der Waals surface area contributed by atoms with Crippen LogP contribution in [0.3, 0.4) is 0 Å². The molecule has 2 aromatic heterocycles. The molecule has 170 valence electrons. The molecule has 2 atom stereocenters. The van der Waals surface area contributed by atoms with E-state index in [1.54, 1.807) is 0 Å². The zero-order chi connectivity index (χ0) is 22.1. The van der Waals surface area contributed by atoms with Crippen LogP contribution >= 0.6 is 0 Å². The number of hydrogen-bond acceptors (Lipinski definition) is 7. The first-order valence-corrected chi connectivity index (χ1v) is 11.6. The van der Waals surface area contributed by atoms with E-state index in [1.165, 1.54) is 0 Å². The molecule has 0 aliphatic carbocycles. The SMILES string of the molecule is CCN1CCN(C(c2cc3cc(C)ccc3[nH]c2=O)c2nnnn2CC2CCCO2)CC1. The number of aryl methyl sites for hydroxylation is 1. The topological polar surface area (TPSA) is 92.2 Å². The van der Waals surface area contributed by atoms with Gasteiger partial charge in [-0.3, -0.25) is 9.69 Å². The molecule has 2 aliphatic rings. The Kier molecular flexibility index (Phi) is 6.03. The van der Waals surface area contributed by atoms with Crippen LogP contribution in [0.25, 0.3) is 10.9 Å². The van der Waals surface area contributed by atoms with Crippen molar-refractivity contribution in [1.82, 2.24) is 35.0 Å². The summed E-state index contributed by atoms with van der Waals surface area (Å²) in [5.74, 6) is 0.711. The number of aromatic nitrogens is 5. The number of aromatic amines is 1. The van der Waals surface area contributed by atoms with E-state index in [1.807, 2.05) is 22.9 Å². The lowest BCUT2D eigenvalue weighted by Gasteiger charge is -2.38. The lowest BCUT2D eigenvalue weighted by molar-refractivity contribution is 0.0860. The maximum Gasteiger partial charge on any atom is 0.253 e. The molecule has 2 fully saturated rings. The number of rotatable bonds is 6. The smallest absolute Gasteiger partial charge is 0.253 e. The van der Waals surface area contributed by atoms with Crippen molar-refractivity contribution in [3.63, 3.8) is 0 Å². The molecule has 0 saturated carbocycles. The van der Waals surface area contributed by atoms with Gasteiger partial charge in [0.05, 0.1) is 12.6 Å². The average molecular weight is 438 g/mol. The van der Waals surface area contributed by atoms with Crippen LogP contribution in [0.2, 0.25) is 0 Å². The largest absolute Gasteiger partial charge is 0.376 e. The number of H-pyrrole nitrogens is 1. The molecule has 0 amide bonds. The van der Waals surface area contributed by atoms with Gasteiger partial charge in [-0.25, -0.2) is 4.68 Å². The summed E-state index contributed by atoms with van der Waals surface area (Å²) in [6.07, 6.45) is 2.19. The minimum absolute atomic E-state index is 0.0871. The molecule has 32 heavy (non-hydrogen) atoms. The molecular formula is C23H31N7O2. The van der Waals surface area contributed by atoms with E-state index in [9.17, 15) is 4.79 Å². The van der Waals surface area contributed by atoms with Gasteiger partial charge in [0.1, 0.15) is 6.04 Å². The molecule has 9 nitrogen and oxygen atoms in total. The van der Waals surface area contributed by atoms with Crippen LogP contribution in [0, 0.1) is 6.92 Å². The first kappa shape index (κ1) is 21.2. The fraction of sp³-hybridized carbons (Fsp3) is 0.565. The molecule has 3 aromatic rings. The van der Waals surface area contributed by atoms with Crippen molar-refractivity contribution in [1.29, 1.82) is 0 Å². The lowest BCUT2D eigenvalue weighted by atomic mass is 10.0. The number of ether oxygens (including phenoxy) is 1. The van der Waals surface area contributed by atoms with Crippen LogP contribution in [0.5, 0.6) is 0 Å². The van der Waals surface area contributed by atoms with Gasteiger partial charge in [-0.15, -0.1) is 5.10 Å². The van der Waals surface area contributed by atoms with Crippen LogP contribution < -0.4 is 5.56 Å². The number of nitrogens with one attached hydrogen (secondary N) is 1. The fourth-order valence-electron chi connectivity index (χ4n) is 4.90. The van der Waals surface area contributed by atoms with E-state index >= 15 is 0 Å².